The summed E-state index contributed by atoms with van der Waals surface area (Å²) in [4.78, 5) is 24.2. The van der Waals surface area contributed by atoms with Crippen LogP contribution in [0.5, 0.6) is 17.2 Å². The number of halogens is 2. The van der Waals surface area contributed by atoms with Crippen LogP contribution in [0.4, 0.5) is 0 Å². The lowest BCUT2D eigenvalue weighted by Gasteiger charge is -2.09. The molecule has 0 radical (unpaired) electrons. The highest BCUT2D eigenvalue weighted by Crippen LogP contribution is 2.32. The van der Waals surface area contributed by atoms with Crippen molar-refractivity contribution in [3.63, 3.8) is 0 Å². The molecule has 1 aliphatic heterocycles. The van der Waals surface area contributed by atoms with Crippen LogP contribution in [-0.4, -0.2) is 31.4 Å². The number of benzene rings is 3. The van der Waals surface area contributed by atoms with E-state index < -0.39 is 11.8 Å². The number of amides is 2. The Kier molecular flexibility index (Phi) is 7.81. The maximum Gasteiger partial charge on any atom is 0.259 e. The number of fused-ring (bicyclic) bond motifs is 1. The highest BCUT2D eigenvalue weighted by Gasteiger charge is 2.16. The summed E-state index contributed by atoms with van der Waals surface area (Å²) in [5.41, 5.74) is 4.56. The topological polar surface area (TPSA) is 98.3 Å². The monoisotopic (exact) mass is 587 g/mol. The lowest BCUT2D eigenvalue weighted by atomic mass is 10.2. The first-order valence-electron chi connectivity index (χ1n) is 10.1. The minimum Gasteiger partial charge on any atom is -0.488 e. The van der Waals surface area contributed by atoms with E-state index in [1.807, 2.05) is 42.5 Å². The quantitative estimate of drug-likeness (QED) is 0.300. The molecule has 0 fully saturated rings. The summed E-state index contributed by atoms with van der Waals surface area (Å²) in [6.45, 7) is 0.337. The van der Waals surface area contributed by atoms with Crippen molar-refractivity contribution >= 4 is 49.9 Å². The molecule has 10 heteroatoms. The SMILES string of the molecule is O=C(CNC(=O)c1ccc2c(c1)OCO2)N/N=C/c1ccc(OCc2ccc(Br)cc2)c(Br)c1. The number of rotatable bonds is 8. The van der Waals surface area contributed by atoms with Crippen LogP contribution < -0.4 is 25.0 Å². The largest absolute Gasteiger partial charge is 0.488 e. The fraction of sp³-hybridized carbons (Fsp3) is 0.125. The maximum absolute atomic E-state index is 12.2. The van der Waals surface area contributed by atoms with Crippen LogP contribution in [0.1, 0.15) is 21.5 Å². The number of hydrogen-bond acceptors (Lipinski definition) is 6. The first-order chi connectivity index (χ1) is 16.5. The van der Waals surface area contributed by atoms with Crippen LogP contribution >= 0.6 is 31.9 Å². The van der Waals surface area contributed by atoms with Crippen LogP contribution in [0.3, 0.4) is 0 Å². The number of hydrogen-bond donors (Lipinski definition) is 2. The maximum atomic E-state index is 12.2. The number of nitrogens with zero attached hydrogens (tertiary/aromatic N) is 1. The highest BCUT2D eigenvalue weighted by atomic mass is 79.9. The van der Waals surface area contributed by atoms with E-state index in [0.717, 1.165) is 20.1 Å². The van der Waals surface area contributed by atoms with E-state index in [1.54, 1.807) is 18.2 Å². The Balaban J connectivity index is 1.23. The van der Waals surface area contributed by atoms with Gasteiger partial charge in [-0.2, -0.15) is 5.10 Å². The van der Waals surface area contributed by atoms with Gasteiger partial charge in [-0.25, -0.2) is 5.43 Å². The number of ether oxygens (including phenoxy) is 3. The molecule has 0 aromatic heterocycles. The third-order valence-electron chi connectivity index (χ3n) is 4.71. The van der Waals surface area contributed by atoms with Crippen molar-refractivity contribution in [3.05, 3.63) is 86.3 Å². The van der Waals surface area contributed by atoms with Crippen molar-refractivity contribution in [1.29, 1.82) is 0 Å². The van der Waals surface area contributed by atoms with Crippen molar-refractivity contribution in [3.8, 4) is 17.2 Å². The van der Waals surface area contributed by atoms with Crippen LogP contribution in [0.15, 0.2) is 74.7 Å². The Morgan fingerprint density at radius 2 is 1.79 bits per heavy atom. The summed E-state index contributed by atoms with van der Waals surface area (Å²) in [5.74, 6) is 0.909. The van der Waals surface area contributed by atoms with Crippen LogP contribution in [0.2, 0.25) is 0 Å². The third-order valence-corrected chi connectivity index (χ3v) is 5.86. The summed E-state index contributed by atoms with van der Waals surface area (Å²) in [5, 5.41) is 6.47. The van der Waals surface area contributed by atoms with Crippen molar-refractivity contribution in [2.24, 2.45) is 5.10 Å². The van der Waals surface area contributed by atoms with Crippen LogP contribution in [-0.2, 0) is 11.4 Å². The Labute approximate surface area is 212 Å². The summed E-state index contributed by atoms with van der Waals surface area (Å²) in [6.07, 6.45) is 1.50. The van der Waals surface area contributed by atoms with Crippen LogP contribution in [0.25, 0.3) is 0 Å². The molecule has 0 aliphatic carbocycles. The van der Waals surface area contributed by atoms with E-state index in [2.05, 4.69) is 47.7 Å². The molecule has 174 valence electrons. The van der Waals surface area contributed by atoms with Gasteiger partial charge in [0.1, 0.15) is 12.4 Å². The fourth-order valence-corrected chi connectivity index (χ4v) is 3.75. The van der Waals surface area contributed by atoms with Gasteiger partial charge >= 0.3 is 0 Å². The van der Waals surface area contributed by atoms with E-state index in [1.165, 1.54) is 6.21 Å². The second-order valence-corrected chi connectivity index (χ2v) is 8.92. The van der Waals surface area contributed by atoms with E-state index in [9.17, 15) is 9.59 Å². The summed E-state index contributed by atoms with van der Waals surface area (Å²) in [6, 6.07) is 18.2. The Hall–Kier alpha value is -3.37. The number of hydrazone groups is 1. The van der Waals surface area contributed by atoms with Gasteiger partial charge in [-0.15, -0.1) is 0 Å². The van der Waals surface area contributed by atoms with E-state index in [4.69, 9.17) is 14.2 Å². The second kappa shape index (κ2) is 11.2. The van der Waals surface area contributed by atoms with Crippen molar-refractivity contribution < 1.29 is 23.8 Å². The van der Waals surface area contributed by atoms with Gasteiger partial charge in [0.25, 0.3) is 11.8 Å². The normalized spacial score (nSPS) is 11.9. The lowest BCUT2D eigenvalue weighted by Crippen LogP contribution is -2.34. The van der Waals surface area contributed by atoms with Crippen LogP contribution in [0, 0.1) is 0 Å². The van der Waals surface area contributed by atoms with Gasteiger partial charge in [-0.05, 0) is 75.6 Å². The number of carbonyl (C=O) groups is 2. The van der Waals surface area contributed by atoms with E-state index >= 15 is 0 Å². The Morgan fingerprint density at radius 3 is 2.59 bits per heavy atom. The lowest BCUT2D eigenvalue weighted by molar-refractivity contribution is -0.120. The second-order valence-electron chi connectivity index (χ2n) is 7.15. The zero-order chi connectivity index (χ0) is 23.9. The highest BCUT2D eigenvalue weighted by molar-refractivity contribution is 9.10. The molecule has 3 aromatic carbocycles. The molecule has 2 amide bonds. The smallest absolute Gasteiger partial charge is 0.259 e. The Morgan fingerprint density at radius 1 is 1.00 bits per heavy atom. The van der Waals surface area contributed by atoms with Gasteiger partial charge in [-0.3, -0.25) is 9.59 Å². The molecule has 4 rings (SSSR count). The molecular formula is C24H19Br2N3O5. The van der Waals surface area contributed by atoms with Crippen molar-refractivity contribution in [2.45, 2.75) is 6.61 Å². The molecule has 0 saturated heterocycles. The molecule has 0 spiro atoms. The molecule has 0 saturated carbocycles. The minimum absolute atomic E-state index is 0.124. The molecule has 8 nitrogen and oxygen atoms in total. The number of carbonyl (C=O) groups excluding carboxylic acids is 2. The van der Waals surface area contributed by atoms with Crippen molar-refractivity contribution in [1.82, 2.24) is 10.7 Å². The van der Waals surface area contributed by atoms with E-state index in [0.29, 0.717) is 29.4 Å². The number of nitrogens with one attached hydrogen (secondary N) is 2. The minimum atomic E-state index is -0.459. The summed E-state index contributed by atoms with van der Waals surface area (Å²) >= 11 is 6.90. The standard InChI is InChI=1S/C24H19Br2N3O5/c25-18-5-1-15(2-6-18)13-32-20-7-3-16(9-19(20)26)11-28-29-23(30)12-27-24(31)17-4-8-21-22(10-17)34-14-33-21/h1-11H,12-14H2,(H,27,31)(H,29,30)/b28-11+. The molecule has 3 aromatic rings. The molecule has 0 atom stereocenters. The molecule has 1 aliphatic rings. The first kappa shape index (κ1) is 23.8. The predicted molar refractivity (Wildman–Crippen MR) is 133 cm³/mol. The zero-order valence-corrected chi connectivity index (χ0v) is 20.9. The van der Waals surface area contributed by atoms with Gasteiger partial charge in [0, 0.05) is 10.0 Å². The predicted octanol–water partition coefficient (Wildman–Crippen LogP) is 4.40. The summed E-state index contributed by atoms with van der Waals surface area (Å²) < 4.78 is 18.1. The van der Waals surface area contributed by atoms with Gasteiger partial charge < -0.3 is 19.5 Å². The zero-order valence-electron chi connectivity index (χ0n) is 17.7. The molecule has 1 heterocycles. The van der Waals surface area contributed by atoms with E-state index in [-0.39, 0.29) is 13.3 Å². The average Bonchev–Trinajstić information content (AvgIpc) is 3.31. The van der Waals surface area contributed by atoms with Gasteiger partial charge in [0.15, 0.2) is 11.5 Å². The molecule has 0 bridgehead atoms. The average molecular weight is 589 g/mol. The van der Waals surface area contributed by atoms with Crippen molar-refractivity contribution in [2.75, 3.05) is 13.3 Å². The fourth-order valence-electron chi connectivity index (χ4n) is 2.97. The van der Waals surface area contributed by atoms with Gasteiger partial charge in [-0.1, -0.05) is 28.1 Å². The molecule has 0 unspecified atom stereocenters. The molecule has 34 heavy (non-hydrogen) atoms. The Bertz CT molecular complexity index is 1230. The molecule has 2 N–H and O–H groups in total. The first-order valence-corrected chi connectivity index (χ1v) is 11.7. The summed E-state index contributed by atoms with van der Waals surface area (Å²) in [7, 11) is 0. The third kappa shape index (κ3) is 6.36. The van der Waals surface area contributed by atoms with Gasteiger partial charge in [0.05, 0.1) is 17.2 Å². The van der Waals surface area contributed by atoms with Gasteiger partial charge in [0.2, 0.25) is 6.79 Å². The molecular weight excluding hydrogens is 570 g/mol.